The fourth-order valence-corrected chi connectivity index (χ4v) is 25.5. The van der Waals surface area contributed by atoms with Gasteiger partial charge in [-0.25, -0.2) is 0 Å². The summed E-state index contributed by atoms with van der Waals surface area (Å²) in [6.07, 6.45) is -23.1. The molecule has 28 atom stereocenters. The minimum absolute atomic E-state index is 0.243. The van der Waals surface area contributed by atoms with Crippen LogP contribution in [0.5, 0.6) is 0 Å². The lowest BCUT2D eigenvalue weighted by Gasteiger charge is -2.53. The number of ether oxygens (including phenoxy) is 2. The Balaban J connectivity index is 0.714. The highest BCUT2D eigenvalue weighted by molar-refractivity contribution is 6.09. The summed E-state index contributed by atoms with van der Waals surface area (Å²) in [6.45, 7) is -1.94. The molecule has 14 nitrogen and oxygen atoms in total. The van der Waals surface area contributed by atoms with Crippen molar-refractivity contribution in [2.24, 2.45) is 142 Å². The minimum atomic E-state index is -5.48. The lowest BCUT2D eigenvalue weighted by atomic mass is 9.46. The van der Waals surface area contributed by atoms with E-state index in [2.05, 4.69) is 0 Å². The molecule has 15 aliphatic heterocycles. The van der Waals surface area contributed by atoms with Crippen LogP contribution in [0.4, 0.5) is 52.7 Å². The van der Waals surface area contributed by atoms with Crippen molar-refractivity contribution in [1.29, 1.82) is 0 Å². The maximum absolute atomic E-state index is 16.5. The van der Waals surface area contributed by atoms with Crippen LogP contribution in [0.15, 0.2) is 48.5 Å². The third kappa shape index (κ3) is 5.08. The Hall–Kier alpha value is -5.92. The maximum atomic E-state index is 16.5. The quantitative estimate of drug-likeness (QED) is 0.207. The highest BCUT2D eigenvalue weighted by atomic mass is 19.4. The van der Waals surface area contributed by atoms with Crippen molar-refractivity contribution in [3.8, 4) is 0 Å². The predicted molar refractivity (Wildman–Crippen MR) is 255 cm³/mol. The van der Waals surface area contributed by atoms with E-state index in [0.29, 0.717) is 0 Å². The summed E-state index contributed by atoms with van der Waals surface area (Å²) in [7, 11) is 0. The standard InChI is InChI=1S/C60H48F12N4O10/c61-57(62,63)53-37-21-9-22-30-29(21)45(77)73(46(30)78)13-17-1-2-18(4-3-17)14-74-47(79)31-23-10-24(32(31)48(74)80)40-39(23)55(59(67,68)69)43-27-12-28(44(43)56(40,86-55)60(70,71)72)36-35(27)51(83)76(52(36)84)16-20-7-5-19(6-8-20)15-75-49(81)33-25-11-26(34(33)50(75)82)42(41(25)53)54(85-53,38(22)37)58(64,65)66/h1-8,21-44H,9-16H2/t21-,22+,23-,24+,25+,26-,27+,28-,29+,30-,31+,32-,33-,34+,35-,36+,37-,38+,39-,40+,41+,42-,43+,44-,53?,54?,55?,56?. The molecule has 2 aromatic carbocycles. The maximum Gasteiger partial charge on any atom is 0.418 e. The molecule has 4 unspecified atom stereocenters. The van der Waals surface area contributed by atoms with E-state index in [1.165, 1.54) is 48.5 Å². The Labute approximate surface area is 477 Å². The van der Waals surface area contributed by atoms with E-state index in [1.54, 1.807) is 0 Å². The van der Waals surface area contributed by atoms with Gasteiger partial charge in [0.15, 0.2) is 22.4 Å². The molecule has 26 heteroatoms. The average Bonchev–Trinajstić information content (AvgIpc) is 1.45. The normalized spacial score (nSPS) is 51.3. The Bertz CT molecular complexity index is 3040. The Morgan fingerprint density at radius 3 is 0.547 bits per heavy atom. The fourth-order valence-electron chi connectivity index (χ4n) is 25.5. The summed E-state index contributed by atoms with van der Waals surface area (Å²) in [5.41, 5.74) is -13.0. The molecule has 28 bridgehead atoms. The van der Waals surface area contributed by atoms with Crippen LogP contribution < -0.4 is 0 Å². The molecule has 8 saturated heterocycles. The van der Waals surface area contributed by atoms with Gasteiger partial charge in [0, 0.05) is 47.3 Å². The SMILES string of the molecule is O=C1[C@@H]2[C@@H]3C[C@@H]4[C@@H]2C(=O)N1Cc1ccc(cc1)CN1C(=O)[C@@H]2[C@@H]5C[C@H]([C@@H]2C1=O)[C@@H]1[C@H]5C2(C(F)(F)F)OC1(C(F)(F)F)[C@H]1[C@H]5C[C@H]([C@@H]6C(=O)N(Cc7ccc(cc7)CN7C(=O)[C@@H]8[C@@H]9C[C@H]([C@@H]8C7=O)[C@@H]7[C@H]9C8(C(F)(F)F)OC7(C(F)(F)F)[C@@H]3[C@@H]48)C(=O)[C@H]56)[C@H]12. The number of carbonyl (C=O) groups excluding carboxylic acids is 8. The van der Waals surface area contributed by atoms with Crippen LogP contribution in [0.25, 0.3) is 0 Å². The van der Waals surface area contributed by atoms with Gasteiger partial charge in [-0.15, -0.1) is 0 Å². The van der Waals surface area contributed by atoms with Gasteiger partial charge in [0.1, 0.15) is 0 Å². The zero-order valence-corrected chi connectivity index (χ0v) is 44.5. The first-order valence-corrected chi connectivity index (χ1v) is 29.7. The van der Waals surface area contributed by atoms with Gasteiger partial charge in [0.05, 0.1) is 73.5 Å². The van der Waals surface area contributed by atoms with E-state index in [-0.39, 0.29) is 47.9 Å². The van der Waals surface area contributed by atoms with Crippen molar-refractivity contribution in [2.45, 2.75) is 99.0 Å². The molecule has 15 heterocycles. The second kappa shape index (κ2) is 14.9. The first-order chi connectivity index (χ1) is 40.5. The third-order valence-electron chi connectivity index (χ3n) is 26.9. The first kappa shape index (κ1) is 52.1. The lowest BCUT2D eigenvalue weighted by molar-refractivity contribution is -0.330. The van der Waals surface area contributed by atoms with Gasteiger partial charge in [-0.05, 0) is 95.3 Å². The number of halogens is 12. The number of nitrogens with zero attached hydrogens (tertiary/aromatic N) is 4. The van der Waals surface area contributed by atoms with E-state index in [4.69, 9.17) is 9.47 Å². The smallest absolute Gasteiger partial charge is 0.348 e. The molecule has 8 saturated carbocycles. The van der Waals surface area contributed by atoms with Crippen LogP contribution in [0.3, 0.4) is 0 Å². The van der Waals surface area contributed by atoms with E-state index >= 15 is 52.7 Å². The van der Waals surface area contributed by atoms with Gasteiger partial charge in [-0.2, -0.15) is 52.7 Å². The second-order valence-corrected chi connectivity index (χ2v) is 28.7. The molecule has 16 fully saturated rings. The molecule has 2 aromatic rings. The van der Waals surface area contributed by atoms with Gasteiger partial charge < -0.3 is 9.47 Å². The highest BCUT2D eigenvalue weighted by Gasteiger charge is 3.00. The Morgan fingerprint density at radius 2 is 0.419 bits per heavy atom. The summed E-state index contributed by atoms with van der Waals surface area (Å²) in [4.78, 5) is 120. The predicted octanol–water partition coefficient (Wildman–Crippen LogP) is 6.63. The van der Waals surface area contributed by atoms with Gasteiger partial charge >= 0.3 is 24.7 Å². The van der Waals surface area contributed by atoms with Crippen molar-refractivity contribution < 1.29 is 101 Å². The van der Waals surface area contributed by atoms with E-state index in [0.717, 1.165) is 19.6 Å². The molecule has 452 valence electrons. The zero-order valence-electron chi connectivity index (χ0n) is 44.5. The average molecular weight is 1210 g/mol. The van der Waals surface area contributed by atoms with Gasteiger partial charge in [0.25, 0.3) is 0 Å². The van der Waals surface area contributed by atoms with E-state index in [1.807, 2.05) is 0 Å². The number of amides is 8. The number of rotatable bonds is 0. The topological polar surface area (TPSA) is 168 Å². The monoisotopic (exact) mass is 1210 g/mol. The Kier molecular flexibility index (Phi) is 9.00. The lowest BCUT2D eigenvalue weighted by Crippen LogP contribution is -2.66. The van der Waals surface area contributed by atoms with Crippen LogP contribution in [0.1, 0.15) is 47.9 Å². The number of hydrogen-bond acceptors (Lipinski definition) is 10. The summed E-state index contributed by atoms with van der Waals surface area (Å²) in [6, 6.07) is 11.3. The number of hydrogen-bond donors (Lipinski definition) is 0. The second-order valence-electron chi connectivity index (χ2n) is 28.7. The van der Waals surface area contributed by atoms with Crippen molar-refractivity contribution in [1.82, 2.24) is 19.6 Å². The molecular weight excluding hydrogens is 1160 g/mol. The molecular formula is C60H48F12N4O10. The van der Waals surface area contributed by atoms with Crippen molar-refractivity contribution in [2.75, 3.05) is 0 Å². The third-order valence-corrected chi connectivity index (χ3v) is 26.9. The molecule has 0 N–H and O–H groups in total. The molecule has 23 aliphatic rings. The molecule has 0 spiro atoms. The van der Waals surface area contributed by atoms with Crippen LogP contribution in [0.2, 0.25) is 0 Å². The van der Waals surface area contributed by atoms with E-state index in [9.17, 15) is 38.4 Å². The van der Waals surface area contributed by atoms with E-state index < -0.39 is 263 Å². The van der Waals surface area contributed by atoms with Gasteiger partial charge in [-0.3, -0.25) is 58.0 Å². The summed E-state index contributed by atoms with van der Waals surface area (Å²) in [5, 5.41) is 0. The fraction of sp³-hybridized carbons (Fsp3) is 0.667. The summed E-state index contributed by atoms with van der Waals surface area (Å²) < 4.78 is 209. The molecule has 86 heavy (non-hydrogen) atoms. The van der Waals surface area contributed by atoms with Crippen LogP contribution >= 0.6 is 0 Å². The number of alkyl halides is 12. The summed E-state index contributed by atoms with van der Waals surface area (Å²) >= 11 is 0. The molecule has 8 amide bonds. The summed E-state index contributed by atoms with van der Waals surface area (Å²) in [5.74, 6) is -45.3. The largest absolute Gasteiger partial charge is 0.418 e. The highest BCUT2D eigenvalue weighted by Crippen LogP contribution is 2.89. The molecule has 25 rings (SSSR count). The molecule has 8 aliphatic carbocycles. The van der Waals surface area contributed by atoms with Crippen molar-refractivity contribution in [3.05, 3.63) is 70.8 Å². The van der Waals surface area contributed by atoms with Crippen LogP contribution in [0, 0.1) is 142 Å². The van der Waals surface area contributed by atoms with Gasteiger partial charge in [0.2, 0.25) is 47.3 Å². The number of carbonyl (C=O) groups is 8. The van der Waals surface area contributed by atoms with Crippen LogP contribution in [-0.4, -0.2) is 114 Å². The van der Waals surface area contributed by atoms with Crippen molar-refractivity contribution >= 4 is 47.3 Å². The van der Waals surface area contributed by atoms with Gasteiger partial charge in [-0.1, -0.05) is 48.5 Å². The molecule has 0 aromatic heterocycles. The van der Waals surface area contributed by atoms with Crippen LogP contribution in [-0.2, 0) is 74.0 Å². The number of benzene rings is 2. The minimum Gasteiger partial charge on any atom is -0.348 e. The first-order valence-electron chi connectivity index (χ1n) is 29.7. The zero-order chi connectivity index (χ0) is 59.8. The Morgan fingerprint density at radius 1 is 0.279 bits per heavy atom. The molecule has 0 radical (unpaired) electrons. The number of imide groups is 4. The van der Waals surface area contributed by atoms with Crippen molar-refractivity contribution in [3.63, 3.8) is 0 Å².